The first kappa shape index (κ1) is 13.6. The molecule has 0 spiro atoms. The molecule has 2 N–H and O–H groups in total. The Morgan fingerprint density at radius 3 is 2.47 bits per heavy atom. The molecule has 0 fully saturated rings. The minimum absolute atomic E-state index is 0.628. The maximum Gasteiger partial charge on any atom is 0.128 e. The molecule has 2 nitrogen and oxygen atoms in total. The van der Waals surface area contributed by atoms with Gasteiger partial charge in [0.05, 0.1) is 6.54 Å². The molecule has 0 bridgehead atoms. The van der Waals surface area contributed by atoms with Gasteiger partial charge in [-0.15, -0.1) is 0 Å². The molecule has 2 heteroatoms. The summed E-state index contributed by atoms with van der Waals surface area (Å²) in [6.07, 6.45) is 0. The van der Waals surface area contributed by atoms with Crippen LogP contribution in [-0.2, 0) is 13.2 Å². The van der Waals surface area contributed by atoms with Gasteiger partial charge in [-0.3, -0.25) is 0 Å². The van der Waals surface area contributed by atoms with Gasteiger partial charge in [-0.05, 0) is 31.5 Å². The molecule has 19 heavy (non-hydrogen) atoms. The fourth-order valence-electron chi connectivity index (χ4n) is 1.96. The van der Waals surface area contributed by atoms with Crippen LogP contribution in [-0.4, -0.2) is 6.54 Å². The van der Waals surface area contributed by atoms with Gasteiger partial charge in [-0.25, -0.2) is 0 Å². The zero-order chi connectivity index (χ0) is 13.5. The van der Waals surface area contributed by atoms with Gasteiger partial charge < -0.3 is 10.1 Å². The second-order valence-corrected chi connectivity index (χ2v) is 4.78. The van der Waals surface area contributed by atoms with Crippen molar-refractivity contribution in [3.8, 4) is 5.75 Å². The normalized spacial score (nSPS) is 10.4. The van der Waals surface area contributed by atoms with Crippen LogP contribution in [0.25, 0.3) is 0 Å². The zero-order valence-corrected chi connectivity index (χ0v) is 11.7. The summed E-state index contributed by atoms with van der Waals surface area (Å²) in [5, 5.41) is 2.27. The molecule has 0 aromatic heterocycles. The SMILES string of the molecule is CC[NH2+]Cc1ccccc1OCc1ccc(C)cc1. The molecule has 0 saturated carbocycles. The van der Waals surface area contributed by atoms with Gasteiger partial charge in [0.2, 0.25) is 0 Å². The van der Waals surface area contributed by atoms with E-state index in [0.717, 1.165) is 18.8 Å². The van der Waals surface area contributed by atoms with Crippen molar-refractivity contribution in [3.05, 3.63) is 65.2 Å². The maximum absolute atomic E-state index is 5.94. The average Bonchev–Trinajstić information content (AvgIpc) is 2.45. The highest BCUT2D eigenvalue weighted by Crippen LogP contribution is 2.18. The maximum atomic E-state index is 5.94. The largest absolute Gasteiger partial charge is 0.488 e. The Balaban J connectivity index is 2.00. The predicted molar refractivity (Wildman–Crippen MR) is 78.1 cm³/mol. The van der Waals surface area contributed by atoms with Crippen molar-refractivity contribution in [2.24, 2.45) is 0 Å². The first-order valence-electron chi connectivity index (χ1n) is 6.87. The highest BCUT2D eigenvalue weighted by Gasteiger charge is 2.04. The molecule has 0 saturated heterocycles. The Bertz CT molecular complexity index is 505. The molecule has 0 unspecified atom stereocenters. The van der Waals surface area contributed by atoms with E-state index in [4.69, 9.17) is 4.74 Å². The molecule has 2 aromatic carbocycles. The third kappa shape index (κ3) is 4.11. The van der Waals surface area contributed by atoms with Gasteiger partial charge in [0.1, 0.15) is 18.9 Å². The minimum Gasteiger partial charge on any atom is -0.488 e. The summed E-state index contributed by atoms with van der Waals surface area (Å²) in [5.74, 6) is 0.993. The standard InChI is InChI=1S/C17H21NO/c1-3-18-12-16-6-4-5-7-17(16)19-13-15-10-8-14(2)9-11-15/h4-11,18H,3,12-13H2,1-2H3/p+1. The smallest absolute Gasteiger partial charge is 0.128 e. The molecule has 100 valence electrons. The average molecular weight is 256 g/mol. The molecule has 0 aliphatic carbocycles. The number of benzene rings is 2. The van der Waals surface area contributed by atoms with Gasteiger partial charge >= 0.3 is 0 Å². The number of hydrogen-bond acceptors (Lipinski definition) is 1. The highest BCUT2D eigenvalue weighted by molar-refractivity contribution is 5.33. The van der Waals surface area contributed by atoms with Crippen molar-refractivity contribution in [1.82, 2.24) is 0 Å². The Morgan fingerprint density at radius 1 is 1.00 bits per heavy atom. The minimum atomic E-state index is 0.628. The summed E-state index contributed by atoms with van der Waals surface area (Å²) in [6.45, 7) is 6.95. The predicted octanol–water partition coefficient (Wildman–Crippen LogP) is 2.66. The molecule has 0 amide bonds. The molecule has 2 rings (SSSR count). The fourth-order valence-corrected chi connectivity index (χ4v) is 1.96. The van der Waals surface area contributed by atoms with Crippen molar-refractivity contribution in [2.75, 3.05) is 6.54 Å². The quantitative estimate of drug-likeness (QED) is 0.845. The fraction of sp³-hybridized carbons (Fsp3) is 0.294. The third-order valence-corrected chi connectivity index (χ3v) is 3.14. The number of hydrogen-bond donors (Lipinski definition) is 1. The Morgan fingerprint density at radius 2 is 1.74 bits per heavy atom. The van der Waals surface area contributed by atoms with E-state index in [2.05, 4.69) is 55.6 Å². The lowest BCUT2D eigenvalue weighted by Gasteiger charge is -2.10. The van der Waals surface area contributed by atoms with Gasteiger partial charge in [0.15, 0.2) is 0 Å². The molecular formula is C17H22NO+. The van der Waals surface area contributed by atoms with Gasteiger partial charge in [-0.2, -0.15) is 0 Å². The zero-order valence-electron chi connectivity index (χ0n) is 11.7. The summed E-state index contributed by atoms with van der Waals surface area (Å²) in [6, 6.07) is 16.8. The van der Waals surface area contributed by atoms with Crippen LogP contribution in [0, 0.1) is 6.92 Å². The summed E-state index contributed by atoms with van der Waals surface area (Å²) < 4.78 is 5.94. The van der Waals surface area contributed by atoms with Crippen LogP contribution in [0.1, 0.15) is 23.6 Å². The lowest BCUT2D eigenvalue weighted by Crippen LogP contribution is -2.81. The first-order valence-corrected chi connectivity index (χ1v) is 6.87. The molecule has 0 radical (unpaired) electrons. The second-order valence-electron chi connectivity index (χ2n) is 4.78. The van der Waals surface area contributed by atoms with E-state index in [0.29, 0.717) is 6.61 Å². The van der Waals surface area contributed by atoms with Crippen molar-refractivity contribution in [2.45, 2.75) is 27.0 Å². The molecule has 0 aliphatic heterocycles. The summed E-state index contributed by atoms with van der Waals surface area (Å²) in [5.41, 5.74) is 3.75. The first-order chi connectivity index (χ1) is 9.29. The molecule has 0 aliphatic rings. The van der Waals surface area contributed by atoms with Gasteiger partial charge in [0.25, 0.3) is 0 Å². The van der Waals surface area contributed by atoms with E-state index in [1.807, 2.05) is 12.1 Å². The van der Waals surface area contributed by atoms with E-state index in [1.54, 1.807) is 0 Å². The second kappa shape index (κ2) is 6.95. The number of nitrogens with two attached hydrogens (primary N) is 1. The van der Waals surface area contributed by atoms with Gasteiger partial charge in [0, 0.05) is 5.56 Å². The van der Waals surface area contributed by atoms with Crippen molar-refractivity contribution in [3.63, 3.8) is 0 Å². The van der Waals surface area contributed by atoms with Crippen LogP contribution in [0.2, 0.25) is 0 Å². The van der Waals surface area contributed by atoms with Crippen LogP contribution in [0.5, 0.6) is 5.75 Å². The van der Waals surface area contributed by atoms with Crippen LogP contribution in [0.3, 0.4) is 0 Å². The molecule has 0 atom stereocenters. The summed E-state index contributed by atoms with van der Waals surface area (Å²) in [4.78, 5) is 0. The van der Waals surface area contributed by atoms with Crippen molar-refractivity contribution < 1.29 is 10.1 Å². The topological polar surface area (TPSA) is 25.8 Å². The van der Waals surface area contributed by atoms with E-state index in [9.17, 15) is 0 Å². The third-order valence-electron chi connectivity index (χ3n) is 3.14. The number of para-hydroxylation sites is 1. The van der Waals surface area contributed by atoms with Crippen LogP contribution in [0.4, 0.5) is 0 Å². The van der Waals surface area contributed by atoms with Crippen LogP contribution >= 0.6 is 0 Å². The number of aryl methyl sites for hydroxylation is 1. The molecule has 2 aromatic rings. The lowest BCUT2D eigenvalue weighted by atomic mass is 10.1. The number of quaternary nitrogens is 1. The van der Waals surface area contributed by atoms with Crippen molar-refractivity contribution >= 4 is 0 Å². The monoisotopic (exact) mass is 256 g/mol. The van der Waals surface area contributed by atoms with Crippen LogP contribution < -0.4 is 10.1 Å². The molecular weight excluding hydrogens is 234 g/mol. The van der Waals surface area contributed by atoms with E-state index < -0.39 is 0 Å². The number of ether oxygens (including phenoxy) is 1. The summed E-state index contributed by atoms with van der Waals surface area (Å²) >= 11 is 0. The van der Waals surface area contributed by atoms with Gasteiger partial charge in [-0.1, -0.05) is 42.0 Å². The van der Waals surface area contributed by atoms with Crippen molar-refractivity contribution in [1.29, 1.82) is 0 Å². The Kier molecular flexibility index (Phi) is 4.99. The number of rotatable bonds is 6. The highest BCUT2D eigenvalue weighted by atomic mass is 16.5. The summed E-state index contributed by atoms with van der Waals surface area (Å²) in [7, 11) is 0. The van der Waals surface area contributed by atoms with Crippen LogP contribution in [0.15, 0.2) is 48.5 Å². The molecule has 0 heterocycles. The lowest BCUT2D eigenvalue weighted by molar-refractivity contribution is -0.667. The van der Waals surface area contributed by atoms with E-state index in [1.165, 1.54) is 16.7 Å². The Labute approximate surface area is 115 Å². The van der Waals surface area contributed by atoms with E-state index in [-0.39, 0.29) is 0 Å². The van der Waals surface area contributed by atoms with E-state index >= 15 is 0 Å². The Hall–Kier alpha value is -1.80.